The fraction of sp³-hybridized carbons (Fsp3) is 0.600. The van der Waals surface area contributed by atoms with Crippen LogP contribution in [-0.4, -0.2) is 8.32 Å². The third kappa shape index (κ3) is 3.40. The minimum atomic E-state index is -2.07. The fourth-order valence-electron chi connectivity index (χ4n) is 3.10. The predicted molar refractivity (Wildman–Crippen MR) is 85.8 cm³/mol. The first-order valence-electron chi connectivity index (χ1n) is 6.85. The van der Waals surface area contributed by atoms with Gasteiger partial charge in [0.1, 0.15) is 5.75 Å². The second-order valence-electron chi connectivity index (χ2n) is 5.99. The lowest BCUT2D eigenvalue weighted by molar-refractivity contribution is 0.446. The molecule has 0 atom stereocenters. The van der Waals surface area contributed by atoms with Gasteiger partial charge in [-0.15, -0.1) is 0 Å². The van der Waals surface area contributed by atoms with Crippen molar-refractivity contribution in [3.63, 3.8) is 0 Å². The Morgan fingerprint density at radius 3 is 1.84 bits per heavy atom. The SMILES string of the molecule is CC(C)[Si](Oc1ccc(Br)cc1F)(C(C)C)C(C)C. The maximum absolute atomic E-state index is 14.0. The molecule has 0 N–H and O–H groups in total. The van der Waals surface area contributed by atoms with Crippen LogP contribution in [-0.2, 0) is 0 Å². The standard InChI is InChI=1S/C15H24BrFOSi/c1-10(2)19(11(3)4,12(5)6)18-15-8-7-13(16)9-14(15)17/h7-12H,1-6H3. The van der Waals surface area contributed by atoms with Crippen molar-refractivity contribution < 1.29 is 8.82 Å². The fourth-order valence-corrected chi connectivity index (χ4v) is 8.69. The van der Waals surface area contributed by atoms with Crippen LogP contribution in [0.3, 0.4) is 0 Å². The molecule has 0 radical (unpaired) electrons. The highest BCUT2D eigenvalue weighted by molar-refractivity contribution is 9.10. The molecule has 108 valence electrons. The van der Waals surface area contributed by atoms with E-state index in [-0.39, 0.29) is 5.82 Å². The number of hydrogen-bond donors (Lipinski definition) is 0. The molecular formula is C15H24BrFOSi. The van der Waals surface area contributed by atoms with Gasteiger partial charge in [0.05, 0.1) is 0 Å². The van der Waals surface area contributed by atoms with Crippen LogP contribution in [0.1, 0.15) is 41.5 Å². The van der Waals surface area contributed by atoms with Gasteiger partial charge in [0, 0.05) is 4.47 Å². The minimum absolute atomic E-state index is 0.284. The Kier molecular flexibility index (Phi) is 5.62. The predicted octanol–water partition coefficient (Wildman–Crippen LogP) is 6.14. The molecule has 0 saturated heterocycles. The zero-order valence-electron chi connectivity index (χ0n) is 12.6. The molecule has 0 aliphatic carbocycles. The van der Waals surface area contributed by atoms with Crippen LogP contribution < -0.4 is 4.43 Å². The van der Waals surface area contributed by atoms with Crippen molar-refractivity contribution in [1.29, 1.82) is 0 Å². The molecule has 19 heavy (non-hydrogen) atoms. The van der Waals surface area contributed by atoms with Gasteiger partial charge in [0.25, 0.3) is 8.32 Å². The molecule has 0 spiro atoms. The molecule has 0 aromatic heterocycles. The summed E-state index contributed by atoms with van der Waals surface area (Å²) in [6.07, 6.45) is 0. The molecule has 0 aliphatic heterocycles. The van der Waals surface area contributed by atoms with E-state index >= 15 is 0 Å². The van der Waals surface area contributed by atoms with E-state index in [1.807, 2.05) is 6.07 Å². The molecule has 0 bridgehead atoms. The Labute approximate surface area is 125 Å². The van der Waals surface area contributed by atoms with E-state index in [1.54, 1.807) is 6.07 Å². The summed E-state index contributed by atoms with van der Waals surface area (Å²) in [5, 5.41) is 0. The minimum Gasteiger partial charge on any atom is -0.541 e. The Morgan fingerprint density at radius 1 is 1.00 bits per heavy atom. The molecule has 1 nitrogen and oxygen atoms in total. The van der Waals surface area contributed by atoms with Gasteiger partial charge in [0.15, 0.2) is 5.82 Å². The van der Waals surface area contributed by atoms with E-state index < -0.39 is 8.32 Å². The van der Waals surface area contributed by atoms with Gasteiger partial charge in [-0.2, -0.15) is 0 Å². The number of halogens is 2. The molecule has 0 fully saturated rings. The van der Waals surface area contributed by atoms with Crippen LogP contribution in [0.4, 0.5) is 4.39 Å². The summed E-state index contributed by atoms with van der Waals surface area (Å²) in [7, 11) is -2.07. The molecule has 0 unspecified atom stereocenters. The maximum atomic E-state index is 14.0. The van der Waals surface area contributed by atoms with Gasteiger partial charge in [-0.05, 0) is 34.8 Å². The number of benzene rings is 1. The second-order valence-corrected chi connectivity index (χ2v) is 12.3. The summed E-state index contributed by atoms with van der Waals surface area (Å²) in [4.78, 5) is 0. The van der Waals surface area contributed by atoms with Crippen molar-refractivity contribution in [1.82, 2.24) is 0 Å². The molecular weight excluding hydrogens is 323 g/mol. The van der Waals surface area contributed by atoms with Crippen molar-refractivity contribution in [2.45, 2.75) is 58.2 Å². The molecule has 0 heterocycles. The lowest BCUT2D eigenvalue weighted by Gasteiger charge is -2.42. The summed E-state index contributed by atoms with van der Waals surface area (Å²) < 4.78 is 21.1. The van der Waals surface area contributed by atoms with Gasteiger partial charge >= 0.3 is 0 Å². The largest absolute Gasteiger partial charge is 0.541 e. The number of hydrogen-bond acceptors (Lipinski definition) is 1. The van der Waals surface area contributed by atoms with Crippen molar-refractivity contribution in [2.24, 2.45) is 0 Å². The zero-order valence-corrected chi connectivity index (χ0v) is 15.2. The van der Waals surface area contributed by atoms with E-state index in [4.69, 9.17) is 4.43 Å². The molecule has 4 heteroatoms. The van der Waals surface area contributed by atoms with Gasteiger partial charge < -0.3 is 4.43 Å². The second kappa shape index (κ2) is 6.40. The van der Waals surface area contributed by atoms with Gasteiger partial charge in [-0.1, -0.05) is 57.5 Å². The maximum Gasteiger partial charge on any atom is 0.258 e. The van der Waals surface area contributed by atoms with Crippen molar-refractivity contribution in [3.8, 4) is 5.75 Å². The third-order valence-corrected chi connectivity index (χ3v) is 10.4. The van der Waals surface area contributed by atoms with E-state index in [0.717, 1.165) is 4.47 Å². The van der Waals surface area contributed by atoms with Crippen LogP contribution in [0.2, 0.25) is 16.6 Å². The lowest BCUT2D eigenvalue weighted by atomic mass is 10.3. The Hall–Kier alpha value is -0.353. The lowest BCUT2D eigenvalue weighted by Crippen LogP contribution is -2.50. The smallest absolute Gasteiger partial charge is 0.258 e. The Bertz CT molecular complexity index is 410. The first-order chi connectivity index (χ1) is 8.71. The average molecular weight is 347 g/mol. The van der Waals surface area contributed by atoms with Gasteiger partial charge in [0.2, 0.25) is 0 Å². The van der Waals surface area contributed by atoms with Crippen molar-refractivity contribution in [3.05, 3.63) is 28.5 Å². The Balaban J connectivity index is 3.21. The zero-order chi connectivity index (χ0) is 14.8. The van der Waals surface area contributed by atoms with E-state index in [9.17, 15) is 4.39 Å². The van der Waals surface area contributed by atoms with Crippen LogP contribution in [0.25, 0.3) is 0 Å². The first kappa shape index (κ1) is 16.7. The summed E-state index contributed by atoms with van der Waals surface area (Å²) in [6.45, 7) is 13.2. The van der Waals surface area contributed by atoms with Crippen LogP contribution >= 0.6 is 15.9 Å². The van der Waals surface area contributed by atoms with Crippen LogP contribution in [0.15, 0.2) is 22.7 Å². The molecule has 1 rings (SSSR count). The summed E-state index contributed by atoms with van der Waals surface area (Å²) in [5.74, 6) is 0.110. The monoisotopic (exact) mass is 346 g/mol. The summed E-state index contributed by atoms with van der Waals surface area (Å²) in [5.41, 5.74) is 1.32. The molecule has 0 saturated carbocycles. The van der Waals surface area contributed by atoms with E-state index in [2.05, 4.69) is 57.5 Å². The topological polar surface area (TPSA) is 9.23 Å². The molecule has 1 aromatic rings. The summed E-state index contributed by atoms with van der Waals surface area (Å²) in [6, 6.07) is 5.03. The van der Waals surface area contributed by atoms with E-state index in [0.29, 0.717) is 22.4 Å². The van der Waals surface area contributed by atoms with Crippen molar-refractivity contribution in [2.75, 3.05) is 0 Å². The first-order valence-corrected chi connectivity index (χ1v) is 9.79. The van der Waals surface area contributed by atoms with E-state index in [1.165, 1.54) is 6.07 Å². The third-order valence-electron chi connectivity index (χ3n) is 3.89. The normalized spacial score (nSPS) is 12.6. The average Bonchev–Trinajstić information content (AvgIpc) is 2.26. The highest BCUT2D eigenvalue weighted by atomic mass is 79.9. The van der Waals surface area contributed by atoms with Gasteiger partial charge in [-0.25, -0.2) is 4.39 Å². The summed E-state index contributed by atoms with van der Waals surface area (Å²) >= 11 is 3.28. The Morgan fingerprint density at radius 2 is 1.47 bits per heavy atom. The van der Waals surface area contributed by atoms with Crippen molar-refractivity contribution >= 4 is 24.2 Å². The highest BCUT2D eigenvalue weighted by Gasteiger charge is 2.47. The van der Waals surface area contributed by atoms with Crippen LogP contribution in [0.5, 0.6) is 5.75 Å². The van der Waals surface area contributed by atoms with Gasteiger partial charge in [-0.3, -0.25) is 0 Å². The van der Waals surface area contributed by atoms with Crippen LogP contribution in [0, 0.1) is 5.82 Å². The molecule has 0 aliphatic rings. The molecule has 0 amide bonds. The molecule has 1 aromatic carbocycles. The highest BCUT2D eigenvalue weighted by Crippen LogP contribution is 2.43. The number of rotatable bonds is 5. The quantitative estimate of drug-likeness (QED) is 0.581.